The van der Waals surface area contributed by atoms with Crippen LogP contribution >= 0.6 is 26.6 Å². The van der Waals surface area contributed by atoms with Gasteiger partial charge in [-0.05, 0) is 35.2 Å². The molecule has 8 heteroatoms. The molecule has 0 amide bonds. The van der Waals surface area contributed by atoms with Crippen molar-refractivity contribution in [2.75, 3.05) is 0 Å². The lowest BCUT2D eigenvalue weighted by molar-refractivity contribution is 0.00567. The number of rotatable bonds is 3. The van der Waals surface area contributed by atoms with Crippen LogP contribution in [0.2, 0.25) is 0 Å². The zero-order valence-corrected chi connectivity index (χ0v) is 11.6. The van der Waals surface area contributed by atoms with Crippen LogP contribution in [0.3, 0.4) is 0 Å². The molecule has 0 saturated heterocycles. The molecule has 1 saturated carbocycles. The van der Waals surface area contributed by atoms with Gasteiger partial charge in [0.05, 0.1) is 0 Å². The number of hydrogen-bond acceptors (Lipinski definition) is 5. The Kier molecular flexibility index (Phi) is 3.51. The Bertz CT molecular complexity index is 546. The van der Waals surface area contributed by atoms with Gasteiger partial charge < -0.3 is 9.15 Å². The molecule has 0 spiro atoms. The van der Waals surface area contributed by atoms with Gasteiger partial charge in [-0.2, -0.15) is 0 Å². The van der Waals surface area contributed by atoms with Crippen molar-refractivity contribution in [2.45, 2.75) is 30.3 Å². The van der Waals surface area contributed by atoms with E-state index in [0.29, 0.717) is 0 Å². The monoisotopic (exact) mass is 342 g/mol. The Hall–Kier alpha value is -0.530. The molecule has 17 heavy (non-hydrogen) atoms. The second kappa shape index (κ2) is 4.62. The molecule has 1 heterocycles. The average Bonchev–Trinajstić information content (AvgIpc) is 2.53. The molecule has 0 atom stereocenters. The Balaban J connectivity index is 2.19. The van der Waals surface area contributed by atoms with Crippen LogP contribution in [0.1, 0.15) is 29.8 Å². The van der Waals surface area contributed by atoms with Crippen LogP contribution in [0.15, 0.2) is 20.0 Å². The number of carbonyl (C=O) groups is 1. The predicted octanol–water partition coefficient (Wildman–Crippen LogP) is 2.68. The van der Waals surface area contributed by atoms with Crippen LogP contribution in [0.4, 0.5) is 0 Å². The molecule has 0 N–H and O–H groups in total. The number of furan rings is 1. The second-order valence-electron chi connectivity index (χ2n) is 3.64. The van der Waals surface area contributed by atoms with Crippen molar-refractivity contribution >= 4 is 41.6 Å². The van der Waals surface area contributed by atoms with E-state index in [1.54, 1.807) is 0 Å². The van der Waals surface area contributed by atoms with Gasteiger partial charge in [-0.3, -0.25) is 0 Å². The third-order valence-electron chi connectivity index (χ3n) is 2.45. The highest BCUT2D eigenvalue weighted by Gasteiger charge is 2.27. The van der Waals surface area contributed by atoms with Crippen molar-refractivity contribution in [3.8, 4) is 0 Å². The van der Waals surface area contributed by atoms with Gasteiger partial charge in [0.1, 0.15) is 11.0 Å². The van der Waals surface area contributed by atoms with Crippen molar-refractivity contribution in [3.05, 3.63) is 16.5 Å². The van der Waals surface area contributed by atoms with Crippen LogP contribution in [-0.4, -0.2) is 20.5 Å². The molecule has 0 aliphatic heterocycles. The van der Waals surface area contributed by atoms with Crippen LogP contribution in [0.25, 0.3) is 0 Å². The molecule has 1 aliphatic rings. The first kappa shape index (κ1) is 12.9. The number of ether oxygens (including phenoxy) is 1. The van der Waals surface area contributed by atoms with E-state index in [1.165, 1.54) is 0 Å². The van der Waals surface area contributed by atoms with Crippen LogP contribution in [0, 0.1) is 0 Å². The fourth-order valence-corrected chi connectivity index (χ4v) is 3.35. The summed E-state index contributed by atoms with van der Waals surface area (Å²) in [5.74, 6) is -0.857. The average molecular weight is 344 g/mol. The maximum absolute atomic E-state index is 11.6. The van der Waals surface area contributed by atoms with E-state index in [-0.39, 0.29) is 21.4 Å². The summed E-state index contributed by atoms with van der Waals surface area (Å²) in [4.78, 5) is 11.3. The van der Waals surface area contributed by atoms with E-state index in [1.807, 2.05) is 0 Å². The highest BCUT2D eigenvalue weighted by molar-refractivity contribution is 9.10. The minimum atomic E-state index is -3.94. The van der Waals surface area contributed by atoms with Crippen molar-refractivity contribution in [1.82, 2.24) is 0 Å². The molecule has 1 aromatic rings. The van der Waals surface area contributed by atoms with Crippen LogP contribution < -0.4 is 0 Å². The van der Waals surface area contributed by atoms with Gasteiger partial charge in [-0.15, -0.1) is 0 Å². The van der Waals surface area contributed by atoms with E-state index in [9.17, 15) is 13.2 Å². The molecule has 0 radical (unpaired) electrons. The smallest absolute Gasteiger partial charge is 0.374 e. The summed E-state index contributed by atoms with van der Waals surface area (Å²) >= 11 is 2.88. The predicted molar refractivity (Wildman–Crippen MR) is 62.5 cm³/mol. The fraction of sp³-hybridized carbons (Fsp3) is 0.444. The number of esters is 1. The highest BCUT2D eigenvalue weighted by atomic mass is 79.9. The molecule has 0 unspecified atom stereocenters. The summed E-state index contributed by atoms with van der Waals surface area (Å²) in [5, 5.41) is 0. The summed E-state index contributed by atoms with van der Waals surface area (Å²) < 4.78 is 32.1. The van der Waals surface area contributed by atoms with Gasteiger partial charge >= 0.3 is 5.97 Å². The quantitative estimate of drug-likeness (QED) is 0.623. The molecule has 0 bridgehead atoms. The van der Waals surface area contributed by atoms with E-state index >= 15 is 0 Å². The normalized spacial score (nSPS) is 16.6. The lowest BCUT2D eigenvalue weighted by Crippen LogP contribution is -2.24. The Morgan fingerprint density at radius 3 is 2.59 bits per heavy atom. The van der Waals surface area contributed by atoms with E-state index in [2.05, 4.69) is 15.9 Å². The number of carbonyl (C=O) groups excluding carboxylic acids is 1. The van der Waals surface area contributed by atoms with Crippen molar-refractivity contribution in [2.24, 2.45) is 0 Å². The zero-order valence-electron chi connectivity index (χ0n) is 8.48. The Morgan fingerprint density at radius 1 is 1.53 bits per heavy atom. The topological polar surface area (TPSA) is 73.6 Å². The summed E-state index contributed by atoms with van der Waals surface area (Å²) in [6.45, 7) is 0. The molecule has 94 valence electrons. The van der Waals surface area contributed by atoms with Gasteiger partial charge in [0.25, 0.3) is 9.05 Å². The van der Waals surface area contributed by atoms with Crippen molar-refractivity contribution in [1.29, 1.82) is 0 Å². The van der Waals surface area contributed by atoms with E-state index in [4.69, 9.17) is 19.8 Å². The maximum atomic E-state index is 11.6. The Morgan fingerprint density at radius 2 is 2.18 bits per heavy atom. The van der Waals surface area contributed by atoms with Gasteiger partial charge in [0, 0.05) is 16.7 Å². The third kappa shape index (κ3) is 2.83. The van der Waals surface area contributed by atoms with Crippen LogP contribution in [0.5, 0.6) is 0 Å². The van der Waals surface area contributed by atoms with Crippen LogP contribution in [-0.2, 0) is 13.8 Å². The SMILES string of the molecule is O=C(OC1CCC1)c1cc(S(=O)(=O)Cl)c(Br)o1. The van der Waals surface area contributed by atoms with Gasteiger partial charge in [0.15, 0.2) is 4.67 Å². The Labute approximate surface area is 111 Å². The van der Waals surface area contributed by atoms with Gasteiger partial charge in [-0.1, -0.05) is 0 Å². The largest absolute Gasteiger partial charge is 0.457 e. The van der Waals surface area contributed by atoms with Gasteiger partial charge in [0.2, 0.25) is 5.76 Å². The lowest BCUT2D eigenvalue weighted by atomic mass is 9.96. The standard InChI is InChI=1S/C9H8BrClO5S/c10-8-7(17(11,13)14)4-6(16-8)9(12)15-5-2-1-3-5/h4-5H,1-3H2. The molecule has 1 aromatic heterocycles. The summed E-state index contributed by atoms with van der Waals surface area (Å²) in [5.41, 5.74) is 0. The second-order valence-corrected chi connectivity index (χ2v) is 6.90. The molecular weight excluding hydrogens is 336 g/mol. The molecule has 2 rings (SSSR count). The first-order valence-corrected chi connectivity index (χ1v) is 7.93. The third-order valence-corrected chi connectivity index (χ3v) is 4.62. The number of hydrogen-bond donors (Lipinski definition) is 0. The molecule has 1 aliphatic carbocycles. The lowest BCUT2D eigenvalue weighted by Gasteiger charge is -2.24. The minimum absolute atomic E-state index is 0.0950. The summed E-state index contributed by atoms with van der Waals surface area (Å²) in [6.07, 6.45) is 2.59. The first-order valence-electron chi connectivity index (χ1n) is 4.83. The van der Waals surface area contributed by atoms with Crippen molar-refractivity contribution < 1.29 is 22.4 Å². The maximum Gasteiger partial charge on any atom is 0.374 e. The zero-order chi connectivity index (χ0) is 12.6. The summed E-state index contributed by atoms with van der Waals surface area (Å²) in [7, 11) is 1.21. The van der Waals surface area contributed by atoms with E-state index in [0.717, 1.165) is 25.3 Å². The number of halogens is 2. The summed E-state index contributed by atoms with van der Waals surface area (Å²) in [6, 6.07) is 1.05. The molecule has 5 nitrogen and oxygen atoms in total. The molecule has 1 fully saturated rings. The molecular formula is C9H8BrClO5S. The fourth-order valence-electron chi connectivity index (χ4n) is 1.32. The van der Waals surface area contributed by atoms with Crippen molar-refractivity contribution in [3.63, 3.8) is 0 Å². The minimum Gasteiger partial charge on any atom is -0.457 e. The first-order chi connectivity index (χ1) is 7.88. The molecule has 0 aromatic carbocycles. The van der Waals surface area contributed by atoms with Gasteiger partial charge in [-0.25, -0.2) is 13.2 Å². The highest BCUT2D eigenvalue weighted by Crippen LogP contribution is 2.30. The van der Waals surface area contributed by atoms with E-state index < -0.39 is 15.0 Å².